The zero-order valence-corrected chi connectivity index (χ0v) is 13.8. The lowest BCUT2D eigenvalue weighted by atomic mass is 10.1. The minimum absolute atomic E-state index is 0.00290. The minimum atomic E-state index is -0.00290. The molecule has 5 nitrogen and oxygen atoms in total. The molecule has 0 aliphatic carbocycles. The van der Waals surface area contributed by atoms with E-state index in [1.807, 2.05) is 66.2 Å². The van der Waals surface area contributed by atoms with Gasteiger partial charge >= 0.3 is 0 Å². The van der Waals surface area contributed by atoms with Crippen LogP contribution in [0.1, 0.15) is 27.3 Å². The lowest BCUT2D eigenvalue weighted by Crippen LogP contribution is -2.11. The van der Waals surface area contributed by atoms with Gasteiger partial charge in [0.2, 0.25) is 5.78 Å². The molecule has 4 rings (SSSR count). The molecule has 0 saturated heterocycles. The van der Waals surface area contributed by atoms with Gasteiger partial charge in [-0.2, -0.15) is 0 Å². The lowest BCUT2D eigenvalue weighted by molar-refractivity contribution is 0.103. The monoisotopic (exact) mass is 328 g/mol. The van der Waals surface area contributed by atoms with Crippen molar-refractivity contribution in [2.24, 2.45) is 0 Å². The van der Waals surface area contributed by atoms with Gasteiger partial charge in [0, 0.05) is 18.0 Å². The summed E-state index contributed by atoms with van der Waals surface area (Å²) in [7, 11) is 0. The fourth-order valence-electron chi connectivity index (χ4n) is 2.75. The highest BCUT2D eigenvalue weighted by Crippen LogP contribution is 2.14. The molecule has 3 heterocycles. The van der Waals surface area contributed by atoms with Crippen molar-refractivity contribution < 1.29 is 4.79 Å². The zero-order valence-electron chi connectivity index (χ0n) is 13.8. The highest BCUT2D eigenvalue weighted by molar-refractivity contribution is 6.08. The number of aromatic nitrogens is 4. The largest absolute Gasteiger partial charge is 0.339 e. The van der Waals surface area contributed by atoms with Crippen molar-refractivity contribution in [3.63, 3.8) is 0 Å². The van der Waals surface area contributed by atoms with E-state index in [2.05, 4.69) is 15.0 Å². The number of aryl methyl sites for hydroxylation is 1. The Bertz CT molecular complexity index is 1050. The Morgan fingerprint density at radius 2 is 1.88 bits per heavy atom. The maximum Gasteiger partial charge on any atom is 0.209 e. The second-order valence-electron chi connectivity index (χ2n) is 5.92. The third-order valence-corrected chi connectivity index (χ3v) is 4.08. The van der Waals surface area contributed by atoms with Crippen LogP contribution in [0.2, 0.25) is 0 Å². The fraction of sp³-hybridized carbons (Fsp3) is 0.100. The predicted octanol–water partition coefficient (Wildman–Crippen LogP) is 3.41. The van der Waals surface area contributed by atoms with Gasteiger partial charge in [0.05, 0.1) is 24.1 Å². The number of fused-ring (bicyclic) bond motifs is 1. The number of rotatable bonds is 4. The van der Waals surface area contributed by atoms with Crippen LogP contribution < -0.4 is 0 Å². The lowest BCUT2D eigenvalue weighted by Gasteiger charge is -2.09. The molecule has 1 aromatic carbocycles. The topological polar surface area (TPSA) is 60.7 Å². The molecule has 0 atom stereocenters. The minimum Gasteiger partial charge on any atom is -0.339 e. The van der Waals surface area contributed by atoms with E-state index in [0.717, 1.165) is 16.8 Å². The fourth-order valence-corrected chi connectivity index (χ4v) is 2.75. The zero-order chi connectivity index (χ0) is 17.2. The quantitative estimate of drug-likeness (QED) is 0.539. The van der Waals surface area contributed by atoms with Crippen molar-refractivity contribution in [1.29, 1.82) is 0 Å². The Hall–Kier alpha value is -3.34. The van der Waals surface area contributed by atoms with Crippen molar-refractivity contribution in [2.45, 2.75) is 13.5 Å². The number of nitrogens with zero attached hydrogens (tertiary/aromatic N) is 4. The second kappa shape index (κ2) is 6.28. The van der Waals surface area contributed by atoms with Crippen LogP contribution in [-0.2, 0) is 6.54 Å². The standard InChI is InChI=1S/C20H16N4O/c1-14-6-8-15(9-7-14)19(25)18-5-3-11-24(18)13-16-12-22-17-4-2-10-21-20(17)23-16/h2-12H,13H2,1H3. The molecule has 0 N–H and O–H groups in total. The molecule has 5 heteroatoms. The third kappa shape index (κ3) is 3.04. The first-order valence-corrected chi connectivity index (χ1v) is 8.04. The number of pyridine rings is 1. The third-order valence-electron chi connectivity index (χ3n) is 4.08. The molecule has 0 fully saturated rings. The molecule has 3 aromatic heterocycles. The van der Waals surface area contributed by atoms with Crippen LogP contribution in [0.3, 0.4) is 0 Å². The van der Waals surface area contributed by atoms with E-state index < -0.39 is 0 Å². The molecule has 0 radical (unpaired) electrons. The number of benzene rings is 1. The van der Waals surface area contributed by atoms with Gasteiger partial charge in [0.15, 0.2) is 5.65 Å². The first-order valence-electron chi connectivity index (χ1n) is 8.04. The summed E-state index contributed by atoms with van der Waals surface area (Å²) < 4.78 is 1.89. The summed E-state index contributed by atoms with van der Waals surface area (Å²) >= 11 is 0. The van der Waals surface area contributed by atoms with E-state index in [-0.39, 0.29) is 5.78 Å². The summed E-state index contributed by atoms with van der Waals surface area (Å²) in [6.45, 7) is 2.48. The maximum absolute atomic E-state index is 12.8. The molecule has 0 spiro atoms. The molecule has 122 valence electrons. The normalized spacial score (nSPS) is 10.9. The maximum atomic E-state index is 12.8. The van der Waals surface area contributed by atoms with Gasteiger partial charge in [0.1, 0.15) is 5.52 Å². The average Bonchev–Trinajstić information content (AvgIpc) is 3.10. The molecule has 0 amide bonds. The highest BCUT2D eigenvalue weighted by atomic mass is 16.1. The predicted molar refractivity (Wildman–Crippen MR) is 95.5 cm³/mol. The van der Waals surface area contributed by atoms with Crippen LogP contribution in [-0.4, -0.2) is 25.3 Å². The Balaban J connectivity index is 1.64. The van der Waals surface area contributed by atoms with E-state index in [9.17, 15) is 4.79 Å². The summed E-state index contributed by atoms with van der Waals surface area (Å²) in [5.74, 6) is -0.00290. The van der Waals surface area contributed by atoms with E-state index in [4.69, 9.17) is 0 Å². The van der Waals surface area contributed by atoms with Gasteiger partial charge in [-0.1, -0.05) is 29.8 Å². The van der Waals surface area contributed by atoms with Crippen molar-refractivity contribution >= 4 is 16.9 Å². The van der Waals surface area contributed by atoms with Crippen LogP contribution in [0, 0.1) is 6.92 Å². The van der Waals surface area contributed by atoms with Gasteiger partial charge in [-0.25, -0.2) is 9.97 Å². The van der Waals surface area contributed by atoms with Crippen molar-refractivity contribution in [2.75, 3.05) is 0 Å². The first-order chi connectivity index (χ1) is 12.2. The summed E-state index contributed by atoms with van der Waals surface area (Å²) in [5.41, 5.74) is 4.57. The molecule has 0 aliphatic rings. The van der Waals surface area contributed by atoms with Gasteiger partial charge < -0.3 is 4.57 Å². The number of ketones is 1. The Labute approximate surface area is 145 Å². The number of hydrogen-bond acceptors (Lipinski definition) is 4. The summed E-state index contributed by atoms with van der Waals surface area (Å²) in [4.78, 5) is 25.9. The molecule has 0 unspecified atom stereocenters. The van der Waals surface area contributed by atoms with Crippen molar-refractivity contribution in [3.05, 3.63) is 89.6 Å². The molecular weight excluding hydrogens is 312 g/mol. The number of carbonyl (C=O) groups is 1. The van der Waals surface area contributed by atoms with Gasteiger partial charge in [-0.05, 0) is 31.2 Å². The molecular formula is C20H16N4O. The Kier molecular flexibility index (Phi) is 3.82. The Morgan fingerprint density at radius 3 is 2.72 bits per heavy atom. The van der Waals surface area contributed by atoms with E-state index in [1.54, 1.807) is 12.4 Å². The van der Waals surface area contributed by atoms with Crippen molar-refractivity contribution in [3.8, 4) is 0 Å². The molecule has 0 aliphatic heterocycles. The van der Waals surface area contributed by atoms with E-state index >= 15 is 0 Å². The van der Waals surface area contributed by atoms with Crippen LogP contribution in [0.5, 0.6) is 0 Å². The van der Waals surface area contributed by atoms with Crippen LogP contribution in [0.25, 0.3) is 11.2 Å². The van der Waals surface area contributed by atoms with Gasteiger partial charge in [-0.15, -0.1) is 0 Å². The van der Waals surface area contributed by atoms with Crippen LogP contribution in [0.4, 0.5) is 0 Å². The SMILES string of the molecule is Cc1ccc(C(=O)c2cccn2Cc2cnc3cccnc3n2)cc1. The smallest absolute Gasteiger partial charge is 0.209 e. The second-order valence-corrected chi connectivity index (χ2v) is 5.92. The van der Waals surface area contributed by atoms with Crippen molar-refractivity contribution in [1.82, 2.24) is 19.5 Å². The van der Waals surface area contributed by atoms with E-state index in [1.165, 1.54) is 0 Å². The summed E-state index contributed by atoms with van der Waals surface area (Å²) in [6, 6.07) is 15.0. The number of carbonyl (C=O) groups excluding carboxylic acids is 1. The highest BCUT2D eigenvalue weighted by Gasteiger charge is 2.14. The van der Waals surface area contributed by atoms with Crippen LogP contribution in [0.15, 0.2) is 67.1 Å². The summed E-state index contributed by atoms with van der Waals surface area (Å²) in [6.07, 6.45) is 5.30. The molecule has 0 saturated carbocycles. The van der Waals surface area contributed by atoms with Gasteiger partial charge in [-0.3, -0.25) is 9.78 Å². The summed E-state index contributed by atoms with van der Waals surface area (Å²) in [5, 5.41) is 0. The Morgan fingerprint density at radius 1 is 1.04 bits per heavy atom. The molecule has 4 aromatic rings. The van der Waals surface area contributed by atoms with Crippen LogP contribution >= 0.6 is 0 Å². The molecule has 25 heavy (non-hydrogen) atoms. The molecule has 0 bridgehead atoms. The number of hydrogen-bond donors (Lipinski definition) is 0. The van der Waals surface area contributed by atoms with E-state index in [0.29, 0.717) is 23.4 Å². The van der Waals surface area contributed by atoms with Gasteiger partial charge in [0.25, 0.3) is 0 Å². The first kappa shape index (κ1) is 15.2. The average molecular weight is 328 g/mol.